The van der Waals surface area contributed by atoms with Crippen molar-refractivity contribution in [1.29, 1.82) is 0 Å². The number of amides is 1. The normalized spacial score (nSPS) is 19.1. The number of benzene rings is 1. The summed E-state index contributed by atoms with van der Waals surface area (Å²) in [5, 5.41) is 7.66. The second kappa shape index (κ2) is 7.12. The fourth-order valence-corrected chi connectivity index (χ4v) is 3.64. The van der Waals surface area contributed by atoms with E-state index in [4.69, 9.17) is 9.47 Å². The van der Waals surface area contributed by atoms with Crippen LogP contribution in [0.3, 0.4) is 0 Å². The largest absolute Gasteiger partial charge is 0.493 e. The number of morpholine rings is 1. The number of carbonyl (C=O) groups excluding carboxylic acids is 1. The molecule has 0 saturated carbocycles. The number of pyridine rings is 1. The van der Waals surface area contributed by atoms with Crippen LogP contribution in [-0.2, 0) is 4.74 Å². The number of carbonyl (C=O) groups is 1. The van der Waals surface area contributed by atoms with Crippen LogP contribution in [0.25, 0.3) is 5.65 Å². The van der Waals surface area contributed by atoms with Crippen molar-refractivity contribution in [2.24, 2.45) is 0 Å². The van der Waals surface area contributed by atoms with Gasteiger partial charge in [0.2, 0.25) is 5.95 Å². The van der Waals surface area contributed by atoms with E-state index in [1.807, 2.05) is 30.3 Å². The predicted molar refractivity (Wildman–Crippen MR) is 103 cm³/mol. The molecule has 5 rings (SSSR count). The Hall–Kier alpha value is -3.13. The van der Waals surface area contributed by atoms with Crippen LogP contribution in [0.5, 0.6) is 5.75 Å². The smallest absolute Gasteiger partial charge is 0.253 e. The van der Waals surface area contributed by atoms with Crippen LogP contribution in [0.4, 0.5) is 5.95 Å². The molecule has 144 valence electrons. The Kier molecular flexibility index (Phi) is 4.32. The van der Waals surface area contributed by atoms with Gasteiger partial charge in [-0.05, 0) is 18.2 Å². The van der Waals surface area contributed by atoms with Crippen LogP contribution < -0.4 is 15.0 Å². The molecule has 1 saturated heterocycles. The highest BCUT2D eigenvalue weighted by atomic mass is 16.5. The summed E-state index contributed by atoms with van der Waals surface area (Å²) in [6.45, 7) is 3.49. The molecule has 3 aromatic rings. The molecule has 1 N–H and O–H groups in total. The minimum absolute atomic E-state index is 0.0622. The number of hydrogen-bond donors (Lipinski definition) is 1. The van der Waals surface area contributed by atoms with Gasteiger partial charge in [0.25, 0.3) is 5.91 Å². The Bertz CT molecular complexity index is 1010. The Balaban J connectivity index is 1.36. The number of para-hydroxylation sites is 1. The summed E-state index contributed by atoms with van der Waals surface area (Å²) >= 11 is 0. The quantitative estimate of drug-likeness (QED) is 0.748. The predicted octanol–water partition coefficient (Wildman–Crippen LogP) is 1.82. The van der Waals surface area contributed by atoms with Crippen molar-refractivity contribution in [3.63, 3.8) is 0 Å². The number of aromatic nitrogens is 3. The third-order valence-electron chi connectivity index (χ3n) is 5.14. The first-order valence-corrected chi connectivity index (χ1v) is 9.50. The molecule has 1 atom stereocenters. The lowest BCUT2D eigenvalue weighted by Gasteiger charge is -2.26. The maximum atomic E-state index is 12.8. The van der Waals surface area contributed by atoms with E-state index in [2.05, 4.69) is 20.3 Å². The number of ether oxygens (including phenoxy) is 2. The Labute approximate surface area is 162 Å². The summed E-state index contributed by atoms with van der Waals surface area (Å²) in [6, 6.07) is 11.4. The van der Waals surface area contributed by atoms with E-state index in [1.165, 1.54) is 0 Å². The lowest BCUT2D eigenvalue weighted by molar-refractivity contribution is 0.0924. The molecule has 0 radical (unpaired) electrons. The fourth-order valence-electron chi connectivity index (χ4n) is 3.64. The minimum atomic E-state index is -0.132. The molecule has 0 spiro atoms. The first-order valence-electron chi connectivity index (χ1n) is 9.50. The highest BCUT2D eigenvalue weighted by Crippen LogP contribution is 2.31. The molecule has 0 bridgehead atoms. The molecule has 1 amide bonds. The van der Waals surface area contributed by atoms with Crippen molar-refractivity contribution in [2.75, 3.05) is 37.8 Å². The molecular weight excluding hydrogens is 358 g/mol. The number of rotatable bonds is 3. The van der Waals surface area contributed by atoms with E-state index in [9.17, 15) is 4.79 Å². The van der Waals surface area contributed by atoms with Crippen LogP contribution in [-0.4, -0.2) is 53.4 Å². The molecule has 0 aliphatic carbocycles. The molecule has 1 fully saturated rings. The lowest BCUT2D eigenvalue weighted by atomic mass is 10.0. The van der Waals surface area contributed by atoms with E-state index in [1.54, 1.807) is 16.8 Å². The van der Waals surface area contributed by atoms with Crippen molar-refractivity contribution in [3.05, 3.63) is 53.7 Å². The molecule has 2 aliphatic rings. The summed E-state index contributed by atoms with van der Waals surface area (Å²) < 4.78 is 12.7. The van der Waals surface area contributed by atoms with Gasteiger partial charge < -0.3 is 19.7 Å². The first-order chi connectivity index (χ1) is 13.8. The molecule has 2 aromatic heterocycles. The van der Waals surface area contributed by atoms with Crippen molar-refractivity contribution in [1.82, 2.24) is 19.9 Å². The van der Waals surface area contributed by atoms with Gasteiger partial charge in [-0.25, -0.2) is 4.52 Å². The molecule has 8 nitrogen and oxygen atoms in total. The second-order valence-electron chi connectivity index (χ2n) is 6.93. The van der Waals surface area contributed by atoms with Crippen LogP contribution in [0.1, 0.15) is 28.4 Å². The third-order valence-corrected chi connectivity index (χ3v) is 5.14. The molecule has 8 heteroatoms. The number of nitrogens with one attached hydrogen (secondary N) is 1. The Morgan fingerprint density at radius 1 is 1.11 bits per heavy atom. The monoisotopic (exact) mass is 379 g/mol. The van der Waals surface area contributed by atoms with Gasteiger partial charge in [-0.3, -0.25) is 4.79 Å². The van der Waals surface area contributed by atoms with Gasteiger partial charge in [0, 0.05) is 31.3 Å². The van der Waals surface area contributed by atoms with Gasteiger partial charge >= 0.3 is 0 Å². The minimum Gasteiger partial charge on any atom is -0.493 e. The topological polar surface area (TPSA) is 81.0 Å². The average molecular weight is 379 g/mol. The molecular formula is C20H21N5O3. The van der Waals surface area contributed by atoms with Crippen LogP contribution >= 0.6 is 0 Å². The van der Waals surface area contributed by atoms with Gasteiger partial charge in [0.05, 0.1) is 31.4 Å². The summed E-state index contributed by atoms with van der Waals surface area (Å²) in [7, 11) is 0. The zero-order valence-electron chi connectivity index (χ0n) is 15.4. The van der Waals surface area contributed by atoms with E-state index in [-0.39, 0.29) is 11.9 Å². The number of fused-ring (bicyclic) bond motifs is 2. The molecule has 2 aliphatic heterocycles. The first kappa shape index (κ1) is 17.0. The summed E-state index contributed by atoms with van der Waals surface area (Å²) in [5.41, 5.74) is 2.28. The van der Waals surface area contributed by atoms with E-state index in [0.29, 0.717) is 31.3 Å². The maximum Gasteiger partial charge on any atom is 0.253 e. The third kappa shape index (κ3) is 3.16. The van der Waals surface area contributed by atoms with E-state index >= 15 is 0 Å². The van der Waals surface area contributed by atoms with E-state index < -0.39 is 0 Å². The molecule has 28 heavy (non-hydrogen) atoms. The Morgan fingerprint density at radius 2 is 1.96 bits per heavy atom. The van der Waals surface area contributed by atoms with Gasteiger partial charge in [-0.2, -0.15) is 4.98 Å². The zero-order chi connectivity index (χ0) is 18.9. The van der Waals surface area contributed by atoms with Crippen LogP contribution in [0.15, 0.2) is 42.6 Å². The maximum absolute atomic E-state index is 12.8. The van der Waals surface area contributed by atoms with E-state index in [0.717, 1.165) is 36.5 Å². The van der Waals surface area contributed by atoms with Crippen molar-refractivity contribution >= 4 is 17.5 Å². The number of anilines is 1. The number of nitrogens with zero attached hydrogens (tertiary/aromatic N) is 4. The molecule has 4 heterocycles. The highest BCUT2D eigenvalue weighted by molar-refractivity contribution is 5.94. The van der Waals surface area contributed by atoms with Gasteiger partial charge in [0.15, 0.2) is 5.65 Å². The van der Waals surface area contributed by atoms with Crippen molar-refractivity contribution < 1.29 is 14.3 Å². The standard InChI is InChI=1S/C20H21N5O3/c26-19(21-16-7-10-28-17-4-2-1-3-15(16)17)14-5-6-18-22-20(23-25(18)13-14)24-8-11-27-12-9-24/h1-6,13,16H,7-12H2,(H,21,26)/t16-/m0/s1. The second-order valence-corrected chi connectivity index (χ2v) is 6.93. The number of hydrogen-bond acceptors (Lipinski definition) is 6. The SMILES string of the molecule is O=C(N[C@H]1CCOc2ccccc21)c1ccc2nc(N3CCOCC3)nn2c1. The summed E-state index contributed by atoms with van der Waals surface area (Å²) in [4.78, 5) is 19.5. The summed E-state index contributed by atoms with van der Waals surface area (Å²) in [6.07, 6.45) is 2.47. The Morgan fingerprint density at radius 3 is 2.86 bits per heavy atom. The zero-order valence-corrected chi connectivity index (χ0v) is 15.4. The fraction of sp³-hybridized carbons (Fsp3) is 0.350. The average Bonchev–Trinajstić information content (AvgIpc) is 3.18. The van der Waals surface area contributed by atoms with Crippen LogP contribution in [0.2, 0.25) is 0 Å². The molecule has 1 aromatic carbocycles. The van der Waals surface area contributed by atoms with Crippen molar-refractivity contribution in [3.8, 4) is 5.75 Å². The van der Waals surface area contributed by atoms with Gasteiger partial charge in [-0.15, -0.1) is 5.10 Å². The molecule has 0 unspecified atom stereocenters. The van der Waals surface area contributed by atoms with Crippen LogP contribution in [0, 0.1) is 0 Å². The summed E-state index contributed by atoms with van der Waals surface area (Å²) in [5.74, 6) is 1.37. The van der Waals surface area contributed by atoms with Crippen molar-refractivity contribution in [2.45, 2.75) is 12.5 Å². The van der Waals surface area contributed by atoms with Gasteiger partial charge in [-0.1, -0.05) is 18.2 Å². The lowest BCUT2D eigenvalue weighted by Crippen LogP contribution is -2.36. The van der Waals surface area contributed by atoms with Gasteiger partial charge in [0.1, 0.15) is 5.75 Å². The highest BCUT2D eigenvalue weighted by Gasteiger charge is 2.23.